The van der Waals surface area contributed by atoms with Crippen molar-refractivity contribution >= 4 is 11.9 Å². The van der Waals surface area contributed by atoms with Gasteiger partial charge in [0.1, 0.15) is 0 Å². The number of hydrogen-bond donors (Lipinski definition) is 1. The van der Waals surface area contributed by atoms with E-state index >= 15 is 0 Å². The second-order valence-corrected chi connectivity index (χ2v) is 3.42. The predicted octanol–water partition coefficient (Wildman–Crippen LogP) is 1.05. The highest BCUT2D eigenvalue weighted by atomic mass is 16.5. The summed E-state index contributed by atoms with van der Waals surface area (Å²) in [5.41, 5.74) is 3.74. The lowest BCUT2D eigenvalue weighted by Crippen LogP contribution is -2.41. The number of ether oxygens (including phenoxy) is 1. The molecule has 0 aliphatic carbocycles. The minimum absolute atomic E-state index is 0.107. The molecular weight excluding hydrogens is 206 g/mol. The number of carbonyl (C=O) groups excluding carboxylic acids is 1. The van der Waals surface area contributed by atoms with E-state index in [1.165, 1.54) is 19.0 Å². The number of aliphatic imine (C=N–C) groups is 1. The largest absolute Gasteiger partial charge is 0.467 e. The molecule has 1 unspecified atom stereocenters. The first-order valence-corrected chi connectivity index (χ1v) is 4.95. The number of rotatable bonds is 1. The van der Waals surface area contributed by atoms with E-state index < -0.39 is 0 Å². The number of amidine groups is 1. The van der Waals surface area contributed by atoms with Gasteiger partial charge in [-0.1, -0.05) is 30.3 Å². The molecule has 0 bridgehead atoms. The van der Waals surface area contributed by atoms with E-state index in [0.29, 0.717) is 6.02 Å². The summed E-state index contributed by atoms with van der Waals surface area (Å²) in [5.74, 6) is -0.107. The average Bonchev–Trinajstić information content (AvgIpc) is 2.74. The molecule has 5 nitrogen and oxygen atoms in total. The molecule has 1 amide bonds. The lowest BCUT2D eigenvalue weighted by atomic mass is 10.2. The highest BCUT2D eigenvalue weighted by Gasteiger charge is 2.29. The molecule has 1 atom stereocenters. The number of nitrogens with one attached hydrogen (secondary N) is 1. The summed E-state index contributed by atoms with van der Waals surface area (Å²) in [6.07, 6.45) is -0.353. The van der Waals surface area contributed by atoms with Crippen LogP contribution in [0, 0.1) is 0 Å². The van der Waals surface area contributed by atoms with Crippen molar-refractivity contribution in [1.29, 1.82) is 0 Å². The summed E-state index contributed by atoms with van der Waals surface area (Å²) in [6, 6.07) is 9.94. The summed E-state index contributed by atoms with van der Waals surface area (Å²) in [5, 5.41) is 1.44. The molecule has 5 heteroatoms. The second-order valence-electron chi connectivity index (χ2n) is 3.42. The number of benzene rings is 1. The van der Waals surface area contributed by atoms with Gasteiger partial charge in [-0.2, -0.15) is 0 Å². The molecule has 0 saturated heterocycles. The molecule has 1 heterocycles. The molecule has 16 heavy (non-hydrogen) atoms. The third-order valence-electron chi connectivity index (χ3n) is 2.33. The van der Waals surface area contributed by atoms with E-state index in [9.17, 15) is 4.79 Å². The van der Waals surface area contributed by atoms with Crippen LogP contribution in [0.3, 0.4) is 0 Å². The fraction of sp³-hybridized carbons (Fsp3) is 0.273. The second kappa shape index (κ2) is 4.22. The Balaban J connectivity index is 2.30. The Morgan fingerprint density at radius 3 is 2.69 bits per heavy atom. The van der Waals surface area contributed by atoms with Gasteiger partial charge in [0, 0.05) is 6.92 Å². The summed E-state index contributed by atoms with van der Waals surface area (Å²) in [7, 11) is 1.51. The Morgan fingerprint density at radius 2 is 2.12 bits per heavy atom. The van der Waals surface area contributed by atoms with Crippen LogP contribution in [0.4, 0.5) is 0 Å². The Hall–Kier alpha value is -2.04. The van der Waals surface area contributed by atoms with Crippen LogP contribution in [-0.2, 0) is 9.53 Å². The Labute approximate surface area is 93.7 Å². The van der Waals surface area contributed by atoms with E-state index in [2.05, 4.69) is 10.4 Å². The fourth-order valence-corrected chi connectivity index (χ4v) is 1.56. The summed E-state index contributed by atoms with van der Waals surface area (Å²) in [4.78, 5) is 15.7. The number of carbonyl (C=O) groups is 1. The highest BCUT2D eigenvalue weighted by molar-refractivity contribution is 5.82. The summed E-state index contributed by atoms with van der Waals surface area (Å²) in [6.45, 7) is 1.48. The summed E-state index contributed by atoms with van der Waals surface area (Å²) >= 11 is 0. The van der Waals surface area contributed by atoms with Crippen LogP contribution in [0.2, 0.25) is 0 Å². The SMILES string of the molecule is COC1=NC(c2ccccc2)N(C(C)=O)N1. The first kappa shape index (κ1) is 10.5. The molecule has 0 saturated carbocycles. The first-order chi connectivity index (χ1) is 7.72. The van der Waals surface area contributed by atoms with Crippen LogP contribution in [0.1, 0.15) is 18.7 Å². The lowest BCUT2D eigenvalue weighted by molar-refractivity contribution is -0.132. The molecule has 1 aromatic carbocycles. The van der Waals surface area contributed by atoms with Gasteiger partial charge in [0.05, 0.1) is 7.11 Å². The molecule has 0 radical (unpaired) electrons. The first-order valence-electron chi connectivity index (χ1n) is 4.95. The normalized spacial score (nSPS) is 19.0. The van der Waals surface area contributed by atoms with Gasteiger partial charge in [-0.15, -0.1) is 0 Å². The van der Waals surface area contributed by atoms with Gasteiger partial charge in [0.15, 0.2) is 6.17 Å². The molecule has 1 N–H and O–H groups in total. The van der Waals surface area contributed by atoms with Crippen molar-refractivity contribution < 1.29 is 9.53 Å². The van der Waals surface area contributed by atoms with Gasteiger partial charge in [0.2, 0.25) is 5.91 Å². The zero-order valence-corrected chi connectivity index (χ0v) is 9.18. The number of hydrogen-bond acceptors (Lipinski definition) is 4. The maximum absolute atomic E-state index is 11.4. The molecule has 1 aromatic rings. The van der Waals surface area contributed by atoms with Crippen LogP contribution in [0.15, 0.2) is 35.3 Å². The van der Waals surface area contributed by atoms with E-state index in [-0.39, 0.29) is 12.1 Å². The van der Waals surface area contributed by atoms with Gasteiger partial charge >= 0.3 is 6.02 Å². The molecule has 0 spiro atoms. The summed E-state index contributed by atoms with van der Waals surface area (Å²) < 4.78 is 4.99. The third-order valence-corrected chi connectivity index (χ3v) is 2.33. The predicted molar refractivity (Wildman–Crippen MR) is 59.3 cm³/mol. The molecule has 1 aliphatic rings. The minimum atomic E-state index is -0.353. The van der Waals surface area contributed by atoms with Gasteiger partial charge in [-0.25, -0.2) is 15.4 Å². The van der Waals surface area contributed by atoms with E-state index in [1.807, 2.05) is 30.3 Å². The highest BCUT2D eigenvalue weighted by Crippen LogP contribution is 2.24. The monoisotopic (exact) mass is 219 g/mol. The van der Waals surface area contributed by atoms with Crippen molar-refractivity contribution in [2.45, 2.75) is 13.1 Å². The van der Waals surface area contributed by atoms with Crippen LogP contribution in [0.5, 0.6) is 0 Å². The quantitative estimate of drug-likeness (QED) is 0.768. The van der Waals surface area contributed by atoms with Crippen LogP contribution < -0.4 is 5.43 Å². The van der Waals surface area contributed by atoms with E-state index in [0.717, 1.165) is 5.56 Å². The maximum Gasteiger partial charge on any atom is 0.306 e. The zero-order chi connectivity index (χ0) is 11.5. The van der Waals surface area contributed by atoms with Crippen molar-refractivity contribution in [3.8, 4) is 0 Å². The molecular formula is C11H13N3O2. The number of amides is 1. The van der Waals surface area contributed by atoms with Crippen molar-refractivity contribution in [3.05, 3.63) is 35.9 Å². The van der Waals surface area contributed by atoms with Gasteiger partial charge in [-0.3, -0.25) is 4.79 Å². The number of nitrogens with zero attached hydrogens (tertiary/aromatic N) is 2. The third kappa shape index (κ3) is 1.84. The fourth-order valence-electron chi connectivity index (χ4n) is 1.56. The number of methoxy groups -OCH3 is 1. The van der Waals surface area contributed by atoms with Crippen molar-refractivity contribution in [2.24, 2.45) is 4.99 Å². The van der Waals surface area contributed by atoms with Crippen LogP contribution in [0.25, 0.3) is 0 Å². The standard InChI is InChI=1S/C11H13N3O2/c1-8(15)14-10(12-11(13-14)16-2)9-6-4-3-5-7-9/h3-7,10H,1-2H3,(H,12,13). The van der Waals surface area contributed by atoms with Gasteiger partial charge in [-0.05, 0) is 5.56 Å². The maximum atomic E-state index is 11.4. The van der Waals surface area contributed by atoms with Crippen molar-refractivity contribution in [1.82, 2.24) is 10.4 Å². The molecule has 0 aromatic heterocycles. The Morgan fingerprint density at radius 1 is 1.44 bits per heavy atom. The van der Waals surface area contributed by atoms with E-state index in [4.69, 9.17) is 4.74 Å². The molecule has 84 valence electrons. The smallest absolute Gasteiger partial charge is 0.306 e. The Kier molecular flexibility index (Phi) is 2.76. The van der Waals surface area contributed by atoms with Crippen LogP contribution >= 0.6 is 0 Å². The van der Waals surface area contributed by atoms with Crippen LogP contribution in [-0.4, -0.2) is 24.0 Å². The average molecular weight is 219 g/mol. The van der Waals surface area contributed by atoms with E-state index in [1.54, 1.807) is 0 Å². The number of hydrazine groups is 1. The van der Waals surface area contributed by atoms with Gasteiger partial charge in [0.25, 0.3) is 0 Å². The lowest BCUT2D eigenvalue weighted by Gasteiger charge is -2.21. The Bertz CT molecular complexity index is 416. The topological polar surface area (TPSA) is 53.9 Å². The van der Waals surface area contributed by atoms with Crippen molar-refractivity contribution in [3.63, 3.8) is 0 Å². The molecule has 1 aliphatic heterocycles. The van der Waals surface area contributed by atoms with Gasteiger partial charge < -0.3 is 4.74 Å². The zero-order valence-electron chi connectivity index (χ0n) is 9.18. The van der Waals surface area contributed by atoms with Crippen molar-refractivity contribution in [2.75, 3.05) is 7.11 Å². The minimum Gasteiger partial charge on any atom is -0.467 e. The molecule has 2 rings (SSSR count). The molecule has 0 fully saturated rings.